The van der Waals surface area contributed by atoms with E-state index in [-0.39, 0.29) is 42.6 Å². The highest BCUT2D eigenvalue weighted by Crippen LogP contribution is 2.40. The number of methoxy groups -OCH3 is 1. The molecule has 10 nitrogen and oxygen atoms in total. The molecule has 3 amide bonds. The number of nitrogens with one attached hydrogen (secondary N) is 2. The van der Waals surface area contributed by atoms with Crippen molar-refractivity contribution in [1.29, 1.82) is 0 Å². The van der Waals surface area contributed by atoms with Gasteiger partial charge in [-0.25, -0.2) is 9.59 Å². The van der Waals surface area contributed by atoms with Gasteiger partial charge in [0.15, 0.2) is 0 Å². The molecule has 1 aromatic rings. The summed E-state index contributed by atoms with van der Waals surface area (Å²) < 4.78 is 10.5. The van der Waals surface area contributed by atoms with Crippen LogP contribution in [0.5, 0.6) is 5.75 Å². The molecule has 0 radical (unpaired) electrons. The minimum Gasteiger partial charge on any atom is -0.467 e. The van der Waals surface area contributed by atoms with Crippen LogP contribution in [0.25, 0.3) is 0 Å². The predicted molar refractivity (Wildman–Crippen MR) is 184 cm³/mol. The number of piperidine rings is 1. The lowest BCUT2D eigenvalue weighted by Crippen LogP contribution is -2.50. The van der Waals surface area contributed by atoms with Crippen LogP contribution in [-0.2, 0) is 25.5 Å². The van der Waals surface area contributed by atoms with Crippen LogP contribution in [-0.4, -0.2) is 67.1 Å². The number of halogens is 1. The summed E-state index contributed by atoms with van der Waals surface area (Å²) in [7, 11) is 1.28. The second-order valence-corrected chi connectivity index (χ2v) is 14.1. The van der Waals surface area contributed by atoms with Crippen LogP contribution in [0.3, 0.4) is 0 Å². The summed E-state index contributed by atoms with van der Waals surface area (Å²) in [6.07, 6.45) is 14.0. The van der Waals surface area contributed by atoms with Crippen molar-refractivity contribution in [2.75, 3.05) is 20.2 Å². The highest BCUT2D eigenvalue weighted by molar-refractivity contribution is 5.87. The van der Waals surface area contributed by atoms with E-state index in [2.05, 4.69) is 10.6 Å². The molecule has 0 aromatic heterocycles. The van der Waals surface area contributed by atoms with Gasteiger partial charge in [-0.3, -0.25) is 9.59 Å². The normalized spacial score (nSPS) is 19.4. The number of esters is 1. The van der Waals surface area contributed by atoms with E-state index in [1.807, 2.05) is 13.8 Å². The monoisotopic (exact) mass is 676 g/mol. The highest BCUT2D eigenvalue weighted by Gasteiger charge is 2.37. The molecule has 264 valence electrons. The predicted octanol–water partition coefficient (Wildman–Crippen LogP) is 5.54. The maximum Gasteiger partial charge on any atom is 0.415 e. The quantitative estimate of drug-likeness (QED) is 0.247. The van der Waals surface area contributed by atoms with E-state index in [0.717, 1.165) is 5.56 Å². The zero-order valence-electron chi connectivity index (χ0n) is 28.5. The molecule has 3 aliphatic rings. The fourth-order valence-electron chi connectivity index (χ4n) is 7.63. The lowest BCUT2D eigenvalue weighted by Gasteiger charge is -2.38. The second kappa shape index (κ2) is 19.2. The van der Waals surface area contributed by atoms with Gasteiger partial charge in [-0.2, -0.15) is 0 Å². The molecule has 0 bridgehead atoms. The number of nitrogens with two attached hydrogens (primary N) is 1. The zero-order valence-corrected chi connectivity index (χ0v) is 29.4. The summed E-state index contributed by atoms with van der Waals surface area (Å²) >= 11 is 0. The number of amides is 3. The van der Waals surface area contributed by atoms with E-state index < -0.39 is 30.1 Å². The Hall–Kier alpha value is -2.85. The molecule has 0 unspecified atom stereocenters. The summed E-state index contributed by atoms with van der Waals surface area (Å²) in [5.74, 6) is 1.08. The third kappa shape index (κ3) is 11.7. The highest BCUT2D eigenvalue weighted by atomic mass is 35.5. The van der Waals surface area contributed by atoms with Gasteiger partial charge in [-0.05, 0) is 80.4 Å². The largest absolute Gasteiger partial charge is 0.467 e. The Morgan fingerprint density at radius 3 is 1.91 bits per heavy atom. The van der Waals surface area contributed by atoms with E-state index in [9.17, 15) is 19.2 Å². The van der Waals surface area contributed by atoms with Crippen LogP contribution >= 0.6 is 12.4 Å². The van der Waals surface area contributed by atoms with E-state index in [1.54, 1.807) is 29.2 Å². The first-order valence-electron chi connectivity index (χ1n) is 17.6. The van der Waals surface area contributed by atoms with Gasteiger partial charge < -0.3 is 30.7 Å². The van der Waals surface area contributed by atoms with Crippen molar-refractivity contribution in [3.63, 3.8) is 0 Å². The van der Waals surface area contributed by atoms with E-state index in [0.29, 0.717) is 49.9 Å². The van der Waals surface area contributed by atoms with Crippen LogP contribution in [0.4, 0.5) is 4.79 Å². The van der Waals surface area contributed by atoms with Gasteiger partial charge in [-0.1, -0.05) is 64.5 Å². The summed E-state index contributed by atoms with van der Waals surface area (Å²) in [5, 5.41) is 6.11. The number of ether oxygens (including phenoxy) is 2. The Labute approximate surface area is 287 Å². The van der Waals surface area contributed by atoms with Crippen molar-refractivity contribution in [2.45, 2.75) is 122 Å². The van der Waals surface area contributed by atoms with Gasteiger partial charge in [0, 0.05) is 31.5 Å². The fraction of sp³-hybridized carbons (Fsp3) is 0.722. The summed E-state index contributed by atoms with van der Waals surface area (Å²) in [4.78, 5) is 53.2. The van der Waals surface area contributed by atoms with Gasteiger partial charge in [0.1, 0.15) is 11.8 Å². The number of nitrogens with zero attached hydrogens (tertiary/aromatic N) is 1. The van der Waals surface area contributed by atoms with Crippen molar-refractivity contribution in [2.24, 2.45) is 29.4 Å². The van der Waals surface area contributed by atoms with Crippen molar-refractivity contribution >= 4 is 36.3 Å². The maximum atomic E-state index is 13.7. The number of hydrogen-bond donors (Lipinski definition) is 3. The third-order valence-electron chi connectivity index (χ3n) is 10.2. The topological polar surface area (TPSA) is 140 Å². The molecule has 1 aliphatic heterocycles. The molecule has 4 rings (SSSR count). The van der Waals surface area contributed by atoms with Crippen molar-refractivity contribution < 1.29 is 28.7 Å². The lowest BCUT2D eigenvalue weighted by molar-refractivity contribution is -0.145. The molecular formula is C36H57ClN4O6. The third-order valence-corrected chi connectivity index (χ3v) is 10.2. The van der Waals surface area contributed by atoms with Crippen LogP contribution in [0, 0.1) is 23.7 Å². The smallest absolute Gasteiger partial charge is 0.415 e. The Bertz CT molecular complexity index is 1130. The van der Waals surface area contributed by atoms with Gasteiger partial charge in [0.25, 0.3) is 0 Å². The molecule has 1 aromatic carbocycles. The molecular weight excluding hydrogens is 620 g/mol. The van der Waals surface area contributed by atoms with Crippen molar-refractivity contribution in [3.05, 3.63) is 29.8 Å². The van der Waals surface area contributed by atoms with Crippen molar-refractivity contribution in [3.8, 4) is 5.75 Å². The van der Waals surface area contributed by atoms with Crippen LogP contribution in [0.1, 0.15) is 103 Å². The number of hydrogen-bond acceptors (Lipinski definition) is 7. The number of benzene rings is 1. The molecule has 4 N–H and O–H groups in total. The first-order valence-corrected chi connectivity index (χ1v) is 17.6. The van der Waals surface area contributed by atoms with Crippen molar-refractivity contribution in [1.82, 2.24) is 15.5 Å². The first kappa shape index (κ1) is 38.6. The van der Waals surface area contributed by atoms with E-state index in [1.165, 1.54) is 71.3 Å². The SMILES string of the molecule is COC(=O)[C@H](Cc1ccc(OC(=O)N2CCC(NC(=O)C(C3CCCCC3)C3CCCCC3)CC2)cc1)NC(=O)[C@@H](N)CC(C)C.Cl. The maximum absolute atomic E-state index is 13.7. The summed E-state index contributed by atoms with van der Waals surface area (Å²) in [6.45, 7) is 5.01. The summed E-state index contributed by atoms with van der Waals surface area (Å²) in [5.41, 5.74) is 6.76. The van der Waals surface area contributed by atoms with Gasteiger partial charge >= 0.3 is 12.1 Å². The molecule has 1 heterocycles. The first-order chi connectivity index (χ1) is 22.1. The van der Waals surface area contributed by atoms with Crippen LogP contribution < -0.4 is 21.1 Å². The van der Waals surface area contributed by atoms with Gasteiger partial charge in [0.05, 0.1) is 13.2 Å². The van der Waals surface area contributed by atoms with Gasteiger partial charge in [0.2, 0.25) is 11.8 Å². The Balaban J connectivity index is 0.00000600. The minimum absolute atomic E-state index is 0. The lowest BCUT2D eigenvalue weighted by atomic mass is 9.69. The number of carbonyl (C=O) groups excluding carboxylic acids is 4. The fourth-order valence-corrected chi connectivity index (χ4v) is 7.63. The molecule has 0 spiro atoms. The Kier molecular flexibility index (Phi) is 15.8. The van der Waals surface area contributed by atoms with E-state index >= 15 is 0 Å². The molecule has 2 saturated carbocycles. The molecule has 2 aliphatic carbocycles. The van der Waals surface area contributed by atoms with Crippen LogP contribution in [0.15, 0.2) is 24.3 Å². The average Bonchev–Trinajstić information content (AvgIpc) is 3.06. The molecule has 2 atom stereocenters. The number of carbonyl (C=O) groups is 4. The Morgan fingerprint density at radius 1 is 0.851 bits per heavy atom. The zero-order chi connectivity index (χ0) is 33.1. The summed E-state index contributed by atoms with van der Waals surface area (Å²) in [6, 6.07) is 5.36. The van der Waals surface area contributed by atoms with Gasteiger partial charge in [-0.15, -0.1) is 12.4 Å². The standard InChI is InChI=1S/C36H56N4O6.ClH/c1-24(2)22-30(37)33(41)39-31(35(43)45-3)23-25-14-16-29(17-15-25)46-36(44)40-20-18-28(19-21-40)38-34(42)32(26-10-6-4-7-11-26)27-12-8-5-9-13-27;/h14-17,24,26-28,30-32H,4-13,18-23,37H2,1-3H3,(H,38,42)(H,39,41);1H/t30-,31-;/m0./s1. The molecule has 11 heteroatoms. The Morgan fingerprint density at radius 2 is 1.40 bits per heavy atom. The van der Waals surface area contributed by atoms with E-state index in [4.69, 9.17) is 15.2 Å². The number of rotatable bonds is 12. The average molecular weight is 677 g/mol. The number of likely N-dealkylation sites (tertiary alicyclic amines) is 1. The molecule has 1 saturated heterocycles. The van der Waals surface area contributed by atoms with Crippen LogP contribution in [0.2, 0.25) is 0 Å². The molecule has 3 fully saturated rings. The second-order valence-electron chi connectivity index (χ2n) is 14.1. The molecule has 47 heavy (non-hydrogen) atoms. The minimum atomic E-state index is -0.883.